The maximum Gasteiger partial charge on any atom is 0.266 e. The summed E-state index contributed by atoms with van der Waals surface area (Å²) >= 11 is 6.20. The quantitative estimate of drug-likeness (QED) is 0.582. The van der Waals surface area contributed by atoms with E-state index in [4.69, 9.17) is 11.6 Å². The van der Waals surface area contributed by atoms with Gasteiger partial charge in [-0.1, -0.05) is 23.7 Å². The van der Waals surface area contributed by atoms with E-state index < -0.39 is 0 Å². The van der Waals surface area contributed by atoms with E-state index in [1.54, 1.807) is 6.07 Å². The highest BCUT2D eigenvalue weighted by molar-refractivity contribution is 6.31. The summed E-state index contributed by atoms with van der Waals surface area (Å²) in [5, 5.41) is 1.75. The molecule has 22 heavy (non-hydrogen) atoms. The molecule has 0 aliphatic rings. The zero-order valence-electron chi connectivity index (χ0n) is 11.8. The lowest BCUT2D eigenvalue weighted by Gasteiger charge is -2.08. The molecule has 5 heteroatoms. The van der Waals surface area contributed by atoms with Crippen molar-refractivity contribution in [2.45, 2.75) is 0 Å². The molecule has 0 unspecified atom stereocenters. The number of nitrogens with one attached hydrogen (secondary N) is 1. The number of halogens is 1. The van der Waals surface area contributed by atoms with Gasteiger partial charge in [0.1, 0.15) is 0 Å². The van der Waals surface area contributed by atoms with Gasteiger partial charge in [-0.15, -0.1) is 0 Å². The zero-order chi connectivity index (χ0) is 15.3. The van der Waals surface area contributed by atoms with Gasteiger partial charge in [0.25, 0.3) is 5.56 Å². The molecule has 0 radical (unpaired) electrons. The van der Waals surface area contributed by atoms with Crippen LogP contribution in [-0.2, 0) is 7.05 Å². The van der Waals surface area contributed by atoms with E-state index in [1.165, 1.54) is 11.6 Å². The van der Waals surface area contributed by atoms with E-state index in [9.17, 15) is 4.79 Å². The number of fused-ring (bicyclic) bond motifs is 2. The van der Waals surface area contributed by atoms with Crippen molar-refractivity contribution in [1.29, 1.82) is 0 Å². The molecule has 0 amide bonds. The maximum atomic E-state index is 11.5. The number of aryl methyl sites for hydroxylation is 1. The lowest BCUT2D eigenvalue weighted by molar-refractivity contribution is 0.969. The summed E-state index contributed by atoms with van der Waals surface area (Å²) in [5.41, 5.74) is 4.19. The van der Waals surface area contributed by atoms with Crippen LogP contribution in [0, 0.1) is 0 Å². The summed E-state index contributed by atoms with van der Waals surface area (Å²) in [6.45, 7) is 0. The van der Waals surface area contributed by atoms with E-state index >= 15 is 0 Å². The summed E-state index contributed by atoms with van der Waals surface area (Å²) in [6.07, 6.45) is 3.32. The number of hydrogen-bond donors (Lipinski definition) is 1. The Labute approximate surface area is 131 Å². The Kier molecular flexibility index (Phi) is 2.81. The molecule has 0 aliphatic carbocycles. The van der Waals surface area contributed by atoms with Crippen LogP contribution in [-0.4, -0.2) is 14.5 Å². The fraction of sp³-hybridized carbons (Fsp3) is 0.0588. The molecule has 0 spiro atoms. The number of H-pyrrole nitrogens is 1. The summed E-state index contributed by atoms with van der Waals surface area (Å²) < 4.78 is 2.07. The first-order valence-corrected chi connectivity index (χ1v) is 7.24. The van der Waals surface area contributed by atoms with Gasteiger partial charge < -0.3 is 9.55 Å². The minimum atomic E-state index is -0.237. The van der Waals surface area contributed by atoms with Crippen LogP contribution in [0.3, 0.4) is 0 Å². The van der Waals surface area contributed by atoms with E-state index in [0.717, 1.165) is 22.2 Å². The first-order chi connectivity index (χ1) is 10.6. The minimum Gasteiger partial charge on any atom is -0.351 e. The molecule has 0 saturated carbocycles. The van der Waals surface area contributed by atoms with Gasteiger partial charge in [0.2, 0.25) is 0 Å². The lowest BCUT2D eigenvalue weighted by Crippen LogP contribution is -2.05. The molecular weight excluding hydrogens is 298 g/mol. The lowest BCUT2D eigenvalue weighted by atomic mass is 10.0. The topological polar surface area (TPSA) is 50.7 Å². The van der Waals surface area contributed by atoms with Crippen LogP contribution < -0.4 is 5.56 Å². The first kappa shape index (κ1) is 13.1. The van der Waals surface area contributed by atoms with Crippen molar-refractivity contribution in [2.24, 2.45) is 7.05 Å². The Morgan fingerprint density at radius 2 is 2.05 bits per heavy atom. The highest BCUT2D eigenvalue weighted by Crippen LogP contribution is 2.31. The van der Waals surface area contributed by atoms with Crippen LogP contribution in [0.2, 0.25) is 5.02 Å². The van der Waals surface area contributed by atoms with Crippen LogP contribution in [0.1, 0.15) is 0 Å². The average molecular weight is 310 g/mol. The smallest absolute Gasteiger partial charge is 0.266 e. The Hall–Kier alpha value is -2.59. The molecule has 2 heterocycles. The normalized spacial score (nSPS) is 11.4. The SMILES string of the molecule is Cn1ccc2ccc(-c3cc(Cl)cc4[nH]c(=O)cnc34)cc21. The van der Waals surface area contributed by atoms with Crippen molar-refractivity contribution in [3.63, 3.8) is 0 Å². The van der Waals surface area contributed by atoms with Crippen molar-refractivity contribution in [3.05, 3.63) is 64.2 Å². The molecule has 0 aliphatic heterocycles. The molecule has 4 nitrogen and oxygen atoms in total. The summed E-state index contributed by atoms with van der Waals surface area (Å²) in [7, 11) is 2.01. The van der Waals surface area contributed by atoms with E-state index in [-0.39, 0.29) is 5.56 Å². The number of rotatable bonds is 1. The maximum absolute atomic E-state index is 11.5. The number of aromatic amines is 1. The second-order valence-corrected chi connectivity index (χ2v) is 5.73. The zero-order valence-corrected chi connectivity index (χ0v) is 12.6. The van der Waals surface area contributed by atoms with Crippen molar-refractivity contribution in [3.8, 4) is 11.1 Å². The predicted molar refractivity (Wildman–Crippen MR) is 89.3 cm³/mol. The molecule has 0 saturated heterocycles. The predicted octanol–water partition coefficient (Wildman–Crippen LogP) is 3.74. The van der Waals surface area contributed by atoms with Crippen molar-refractivity contribution >= 4 is 33.5 Å². The standard InChI is InChI=1S/C17H12ClN3O/c1-21-5-4-10-2-3-11(6-15(10)21)13-7-12(18)8-14-17(13)19-9-16(22)20-14/h2-9H,1H3,(H,20,22). The van der Waals surface area contributed by atoms with Gasteiger partial charge >= 0.3 is 0 Å². The molecule has 1 N–H and O–H groups in total. The molecule has 0 atom stereocenters. The number of aromatic nitrogens is 3. The van der Waals surface area contributed by atoms with Crippen LogP contribution in [0.25, 0.3) is 33.1 Å². The molecule has 0 bridgehead atoms. The van der Waals surface area contributed by atoms with Gasteiger partial charge in [0.05, 0.1) is 17.2 Å². The second kappa shape index (κ2) is 4.71. The summed E-state index contributed by atoms with van der Waals surface area (Å²) in [6, 6.07) is 11.9. The number of hydrogen-bond acceptors (Lipinski definition) is 2. The van der Waals surface area contributed by atoms with Crippen molar-refractivity contribution < 1.29 is 0 Å². The van der Waals surface area contributed by atoms with Crippen LogP contribution >= 0.6 is 11.6 Å². The van der Waals surface area contributed by atoms with Crippen LogP contribution in [0.15, 0.2) is 53.6 Å². The van der Waals surface area contributed by atoms with E-state index in [1.807, 2.05) is 25.4 Å². The van der Waals surface area contributed by atoms with Gasteiger partial charge in [-0.05, 0) is 35.2 Å². The third kappa shape index (κ3) is 2.00. The largest absolute Gasteiger partial charge is 0.351 e. The molecule has 4 aromatic rings. The fourth-order valence-electron chi connectivity index (χ4n) is 2.77. The summed E-state index contributed by atoms with van der Waals surface area (Å²) in [4.78, 5) is 18.5. The minimum absolute atomic E-state index is 0.237. The fourth-order valence-corrected chi connectivity index (χ4v) is 2.99. The number of nitrogens with zero attached hydrogens (tertiary/aromatic N) is 2. The third-order valence-electron chi connectivity index (χ3n) is 3.84. The first-order valence-electron chi connectivity index (χ1n) is 6.86. The van der Waals surface area contributed by atoms with Crippen LogP contribution in [0.4, 0.5) is 0 Å². The van der Waals surface area contributed by atoms with Gasteiger partial charge in [0, 0.05) is 29.3 Å². The Balaban J connectivity index is 2.06. The monoisotopic (exact) mass is 309 g/mol. The highest BCUT2D eigenvalue weighted by atomic mass is 35.5. The van der Waals surface area contributed by atoms with Gasteiger partial charge in [-0.2, -0.15) is 0 Å². The van der Waals surface area contributed by atoms with Crippen molar-refractivity contribution in [2.75, 3.05) is 0 Å². The molecule has 4 rings (SSSR count). The molecule has 2 aromatic heterocycles. The van der Waals surface area contributed by atoms with Crippen molar-refractivity contribution in [1.82, 2.24) is 14.5 Å². The van der Waals surface area contributed by atoms with Gasteiger partial charge in [0.15, 0.2) is 0 Å². The Morgan fingerprint density at radius 3 is 2.91 bits per heavy atom. The van der Waals surface area contributed by atoms with Gasteiger partial charge in [-0.3, -0.25) is 4.79 Å². The Bertz CT molecular complexity index is 1080. The molecule has 2 aromatic carbocycles. The highest BCUT2D eigenvalue weighted by Gasteiger charge is 2.09. The third-order valence-corrected chi connectivity index (χ3v) is 4.06. The second-order valence-electron chi connectivity index (χ2n) is 5.30. The molecule has 108 valence electrons. The molecule has 0 fully saturated rings. The van der Waals surface area contributed by atoms with E-state index in [2.05, 4.69) is 32.7 Å². The average Bonchev–Trinajstić information content (AvgIpc) is 2.87. The van der Waals surface area contributed by atoms with Gasteiger partial charge in [-0.25, -0.2) is 4.98 Å². The van der Waals surface area contributed by atoms with Crippen LogP contribution in [0.5, 0.6) is 0 Å². The summed E-state index contributed by atoms with van der Waals surface area (Å²) in [5.74, 6) is 0. The molecular formula is C17H12ClN3O. The van der Waals surface area contributed by atoms with E-state index in [0.29, 0.717) is 10.5 Å². The number of benzene rings is 2. The Morgan fingerprint density at radius 1 is 1.18 bits per heavy atom.